The molecule has 0 spiro atoms. The second kappa shape index (κ2) is 4.05. The number of benzene rings is 2. The Hall–Kier alpha value is -1.63. The average molecular weight is 184 g/mol. The molecule has 0 atom stereocenters. The quantitative estimate of drug-likeness (QED) is 0.671. The molecule has 0 saturated carbocycles. The van der Waals surface area contributed by atoms with Gasteiger partial charge in [-0.3, -0.25) is 0 Å². The van der Waals surface area contributed by atoms with E-state index in [0.29, 0.717) is 5.56 Å². The minimum Gasteiger partial charge on any atom is -0.207 e. The van der Waals surface area contributed by atoms with Crippen molar-refractivity contribution < 1.29 is 4.39 Å². The van der Waals surface area contributed by atoms with Crippen LogP contribution >= 0.6 is 0 Å². The van der Waals surface area contributed by atoms with Crippen LogP contribution in [-0.4, -0.2) is 0 Å². The molecule has 2 radical (unpaired) electrons. The molecule has 0 aliphatic heterocycles. The first kappa shape index (κ1) is 8.95. The fourth-order valence-corrected chi connectivity index (χ4v) is 1.24. The van der Waals surface area contributed by atoms with Gasteiger partial charge in [-0.1, -0.05) is 48.5 Å². The molecule has 0 N–H and O–H groups in total. The minimum absolute atomic E-state index is 0.239. The second-order valence-corrected chi connectivity index (χ2v) is 2.97. The van der Waals surface area contributed by atoms with Crippen LogP contribution in [-0.2, 0) is 0 Å². The van der Waals surface area contributed by atoms with Crippen molar-refractivity contribution in [2.45, 2.75) is 0 Å². The third-order valence-electron chi connectivity index (χ3n) is 1.93. The predicted octanol–water partition coefficient (Wildman–Crippen LogP) is 3.30. The Kier molecular flexibility index (Phi) is 2.59. The van der Waals surface area contributed by atoms with Crippen molar-refractivity contribution in [3.05, 3.63) is 78.0 Å². The Morgan fingerprint density at radius 1 is 0.786 bits per heavy atom. The fraction of sp³-hybridized carbons (Fsp3) is 0. The van der Waals surface area contributed by atoms with Crippen molar-refractivity contribution >= 4 is 0 Å². The van der Waals surface area contributed by atoms with Gasteiger partial charge in [-0.2, -0.15) is 0 Å². The Morgan fingerprint density at radius 3 is 2.14 bits per heavy atom. The number of rotatable bonds is 2. The number of halogens is 1. The molecule has 0 aliphatic carbocycles. The highest BCUT2D eigenvalue weighted by atomic mass is 19.1. The highest BCUT2D eigenvalue weighted by Crippen LogP contribution is 2.14. The molecule has 0 aliphatic rings. The fourth-order valence-electron chi connectivity index (χ4n) is 1.24. The molecule has 0 bridgehead atoms. The molecule has 0 amide bonds. The zero-order chi connectivity index (χ0) is 9.80. The molecule has 0 unspecified atom stereocenters. The lowest BCUT2D eigenvalue weighted by Gasteiger charge is -2.01. The van der Waals surface area contributed by atoms with Crippen LogP contribution in [0.1, 0.15) is 11.1 Å². The highest BCUT2D eigenvalue weighted by Gasteiger charge is 2.01. The molecular formula is C13H9F. The summed E-state index contributed by atoms with van der Waals surface area (Å²) in [6.45, 7) is 0. The van der Waals surface area contributed by atoms with Gasteiger partial charge in [0.05, 0.1) is 6.42 Å². The SMILES string of the molecule is Fc1ccccc1[C]c1ccccc1. The van der Waals surface area contributed by atoms with Crippen molar-refractivity contribution in [3.63, 3.8) is 0 Å². The van der Waals surface area contributed by atoms with Crippen molar-refractivity contribution in [3.8, 4) is 0 Å². The molecule has 14 heavy (non-hydrogen) atoms. The van der Waals surface area contributed by atoms with E-state index in [1.54, 1.807) is 18.2 Å². The lowest BCUT2D eigenvalue weighted by molar-refractivity contribution is 0.621. The summed E-state index contributed by atoms with van der Waals surface area (Å²) in [5.74, 6) is -0.239. The van der Waals surface area contributed by atoms with Gasteiger partial charge in [-0.05, 0) is 11.6 Å². The predicted molar refractivity (Wildman–Crippen MR) is 54.3 cm³/mol. The highest BCUT2D eigenvalue weighted by molar-refractivity contribution is 5.37. The van der Waals surface area contributed by atoms with Crippen LogP contribution in [0, 0.1) is 12.2 Å². The Labute approximate surface area is 83.0 Å². The number of hydrogen-bond acceptors (Lipinski definition) is 0. The molecule has 68 valence electrons. The smallest absolute Gasteiger partial charge is 0.127 e. The molecule has 0 fully saturated rings. The summed E-state index contributed by atoms with van der Waals surface area (Å²) in [6.07, 6.45) is 3.00. The van der Waals surface area contributed by atoms with Gasteiger partial charge in [0.25, 0.3) is 0 Å². The molecular weight excluding hydrogens is 175 g/mol. The van der Waals surface area contributed by atoms with Crippen LogP contribution in [0.15, 0.2) is 54.6 Å². The van der Waals surface area contributed by atoms with Crippen molar-refractivity contribution in [1.82, 2.24) is 0 Å². The molecule has 1 heteroatoms. The third-order valence-corrected chi connectivity index (χ3v) is 1.93. The van der Waals surface area contributed by atoms with Gasteiger partial charge in [0.15, 0.2) is 0 Å². The van der Waals surface area contributed by atoms with E-state index >= 15 is 0 Å². The van der Waals surface area contributed by atoms with Crippen LogP contribution in [0.3, 0.4) is 0 Å². The summed E-state index contributed by atoms with van der Waals surface area (Å²) in [5.41, 5.74) is 1.39. The van der Waals surface area contributed by atoms with E-state index in [2.05, 4.69) is 6.42 Å². The van der Waals surface area contributed by atoms with Gasteiger partial charge in [0.2, 0.25) is 0 Å². The lowest BCUT2D eigenvalue weighted by atomic mass is 10.0. The normalized spacial score (nSPS) is 10.1. The van der Waals surface area contributed by atoms with E-state index < -0.39 is 0 Å². The monoisotopic (exact) mass is 184 g/mol. The van der Waals surface area contributed by atoms with Gasteiger partial charge >= 0.3 is 0 Å². The summed E-state index contributed by atoms with van der Waals surface area (Å²) >= 11 is 0. The van der Waals surface area contributed by atoms with Crippen LogP contribution in [0.2, 0.25) is 0 Å². The Morgan fingerprint density at radius 2 is 1.43 bits per heavy atom. The van der Waals surface area contributed by atoms with E-state index in [0.717, 1.165) is 5.56 Å². The maximum absolute atomic E-state index is 13.2. The minimum atomic E-state index is -0.239. The van der Waals surface area contributed by atoms with Crippen LogP contribution in [0.25, 0.3) is 0 Å². The zero-order valence-corrected chi connectivity index (χ0v) is 7.57. The maximum atomic E-state index is 13.2. The first-order valence-corrected chi connectivity index (χ1v) is 4.43. The number of hydrogen-bond donors (Lipinski definition) is 0. The van der Waals surface area contributed by atoms with Crippen LogP contribution in [0.4, 0.5) is 4.39 Å². The van der Waals surface area contributed by atoms with Crippen molar-refractivity contribution in [2.24, 2.45) is 0 Å². The van der Waals surface area contributed by atoms with E-state index in [-0.39, 0.29) is 5.82 Å². The van der Waals surface area contributed by atoms with Crippen molar-refractivity contribution in [2.75, 3.05) is 0 Å². The molecule has 0 nitrogen and oxygen atoms in total. The van der Waals surface area contributed by atoms with Crippen LogP contribution < -0.4 is 0 Å². The molecule has 2 aromatic rings. The van der Waals surface area contributed by atoms with E-state index in [4.69, 9.17) is 0 Å². The largest absolute Gasteiger partial charge is 0.207 e. The molecule has 0 aromatic heterocycles. The van der Waals surface area contributed by atoms with Gasteiger partial charge in [0, 0.05) is 5.56 Å². The second-order valence-electron chi connectivity index (χ2n) is 2.97. The van der Waals surface area contributed by atoms with Gasteiger partial charge in [-0.25, -0.2) is 4.39 Å². The third kappa shape index (κ3) is 1.99. The van der Waals surface area contributed by atoms with Crippen molar-refractivity contribution in [1.29, 1.82) is 0 Å². The van der Waals surface area contributed by atoms with Gasteiger partial charge in [0.1, 0.15) is 5.82 Å². The maximum Gasteiger partial charge on any atom is 0.127 e. The summed E-state index contributed by atoms with van der Waals surface area (Å²) in [5, 5.41) is 0. The summed E-state index contributed by atoms with van der Waals surface area (Å²) in [7, 11) is 0. The molecule has 0 heterocycles. The first-order valence-electron chi connectivity index (χ1n) is 4.43. The summed E-state index contributed by atoms with van der Waals surface area (Å²) < 4.78 is 13.2. The average Bonchev–Trinajstić information content (AvgIpc) is 2.23. The van der Waals surface area contributed by atoms with Gasteiger partial charge < -0.3 is 0 Å². The van der Waals surface area contributed by atoms with Crippen LogP contribution in [0.5, 0.6) is 0 Å². The van der Waals surface area contributed by atoms with E-state index in [9.17, 15) is 4.39 Å². The van der Waals surface area contributed by atoms with Gasteiger partial charge in [-0.15, -0.1) is 0 Å². The standard InChI is InChI=1S/C13H9F/c14-13-9-5-4-8-12(13)10-11-6-2-1-3-7-11/h1-9H. The Bertz CT molecular complexity index is 407. The topological polar surface area (TPSA) is 0 Å². The molecule has 2 aromatic carbocycles. The zero-order valence-electron chi connectivity index (χ0n) is 7.57. The summed E-state index contributed by atoms with van der Waals surface area (Å²) in [6, 6.07) is 16.1. The van der Waals surface area contributed by atoms with E-state index in [1.807, 2.05) is 30.3 Å². The lowest BCUT2D eigenvalue weighted by Crippen LogP contribution is -1.88. The summed E-state index contributed by atoms with van der Waals surface area (Å²) in [4.78, 5) is 0. The van der Waals surface area contributed by atoms with E-state index in [1.165, 1.54) is 6.07 Å². The Balaban J connectivity index is 2.24. The first-order chi connectivity index (χ1) is 6.86. The molecule has 0 saturated heterocycles. The molecule has 2 rings (SSSR count).